The molecule has 0 bridgehead atoms. The largest absolute Gasteiger partial charge is 0.489 e. The van der Waals surface area contributed by atoms with Crippen molar-refractivity contribution in [1.29, 1.82) is 0 Å². The number of nitrogens with zero attached hydrogens (tertiary/aromatic N) is 1. The van der Waals surface area contributed by atoms with Crippen LogP contribution in [0.5, 0.6) is 5.75 Å². The number of carboxylic acid groups (broad SMARTS) is 1. The van der Waals surface area contributed by atoms with Crippen LogP contribution < -0.4 is 10.1 Å². The third kappa shape index (κ3) is 6.12. The van der Waals surface area contributed by atoms with Gasteiger partial charge in [0.25, 0.3) is 0 Å². The Kier molecular flexibility index (Phi) is 7.02. The van der Waals surface area contributed by atoms with Crippen LogP contribution in [0.25, 0.3) is 0 Å². The second-order valence-electron chi connectivity index (χ2n) is 6.08. The molecule has 26 heavy (non-hydrogen) atoms. The van der Waals surface area contributed by atoms with Crippen molar-refractivity contribution in [1.82, 2.24) is 10.2 Å². The van der Waals surface area contributed by atoms with Crippen LogP contribution in [0, 0.1) is 0 Å². The minimum Gasteiger partial charge on any atom is -0.489 e. The monoisotopic (exact) mass is 356 g/mol. The predicted octanol–water partition coefficient (Wildman–Crippen LogP) is 3.44. The fourth-order valence-corrected chi connectivity index (χ4v) is 2.36. The first-order valence-electron chi connectivity index (χ1n) is 8.46. The summed E-state index contributed by atoms with van der Waals surface area (Å²) in [5.41, 5.74) is 2.00. The summed E-state index contributed by atoms with van der Waals surface area (Å²) in [6, 6.07) is 16.9. The van der Waals surface area contributed by atoms with Crippen LogP contribution in [0.1, 0.15) is 30.5 Å². The number of aliphatic carboxylic acids is 1. The van der Waals surface area contributed by atoms with Crippen molar-refractivity contribution < 1.29 is 19.4 Å². The van der Waals surface area contributed by atoms with Gasteiger partial charge in [0.05, 0.1) is 12.5 Å². The molecule has 6 nitrogen and oxygen atoms in total. The Balaban J connectivity index is 1.91. The molecule has 0 aliphatic heterocycles. The lowest BCUT2D eigenvalue weighted by Gasteiger charge is -2.21. The molecule has 0 spiro atoms. The Morgan fingerprint density at radius 1 is 1.15 bits per heavy atom. The van der Waals surface area contributed by atoms with Crippen LogP contribution >= 0.6 is 0 Å². The Morgan fingerprint density at radius 3 is 2.58 bits per heavy atom. The summed E-state index contributed by atoms with van der Waals surface area (Å²) in [6.45, 7) is 2.51. The number of hydrogen-bond acceptors (Lipinski definition) is 3. The predicted molar refractivity (Wildman–Crippen MR) is 99.0 cm³/mol. The first-order valence-corrected chi connectivity index (χ1v) is 8.46. The average Bonchev–Trinajstić information content (AvgIpc) is 2.65. The van der Waals surface area contributed by atoms with E-state index < -0.39 is 5.97 Å². The van der Waals surface area contributed by atoms with E-state index in [1.54, 1.807) is 7.05 Å². The summed E-state index contributed by atoms with van der Waals surface area (Å²) in [4.78, 5) is 24.1. The fourth-order valence-electron chi connectivity index (χ4n) is 2.36. The van der Waals surface area contributed by atoms with Gasteiger partial charge in [0, 0.05) is 13.6 Å². The number of hydrogen-bond donors (Lipinski definition) is 2. The van der Waals surface area contributed by atoms with E-state index in [1.807, 2.05) is 61.5 Å². The lowest BCUT2D eigenvalue weighted by Crippen LogP contribution is -2.39. The lowest BCUT2D eigenvalue weighted by atomic mass is 10.1. The number of nitrogens with one attached hydrogen (secondary N) is 1. The standard InChI is InChI=1S/C20H24N2O4/c1-15(21-20(25)22(2)12-11-19(23)24)17-9-6-10-18(13-17)26-14-16-7-4-3-5-8-16/h3-10,13,15H,11-12,14H2,1-2H3,(H,21,25)(H,23,24)/t15-/m0/s1. The second-order valence-corrected chi connectivity index (χ2v) is 6.08. The van der Waals surface area contributed by atoms with E-state index >= 15 is 0 Å². The number of amides is 2. The molecule has 2 amide bonds. The van der Waals surface area contributed by atoms with Crippen molar-refractivity contribution in [3.63, 3.8) is 0 Å². The number of rotatable bonds is 8. The summed E-state index contributed by atoms with van der Waals surface area (Å²) in [7, 11) is 1.57. The molecule has 0 fully saturated rings. The van der Waals surface area contributed by atoms with Crippen molar-refractivity contribution >= 4 is 12.0 Å². The van der Waals surface area contributed by atoms with E-state index in [1.165, 1.54) is 4.90 Å². The zero-order chi connectivity index (χ0) is 18.9. The number of ether oxygens (including phenoxy) is 1. The molecular formula is C20H24N2O4. The quantitative estimate of drug-likeness (QED) is 0.759. The molecule has 0 aliphatic carbocycles. The highest BCUT2D eigenvalue weighted by atomic mass is 16.5. The SMILES string of the molecule is C[C@H](NC(=O)N(C)CCC(=O)O)c1cccc(OCc2ccccc2)c1. The first kappa shape index (κ1) is 19.3. The molecule has 0 aliphatic rings. The molecule has 0 aromatic heterocycles. The Labute approximate surface area is 153 Å². The van der Waals surface area contributed by atoms with E-state index in [-0.39, 0.29) is 25.0 Å². The van der Waals surface area contributed by atoms with E-state index in [4.69, 9.17) is 9.84 Å². The zero-order valence-electron chi connectivity index (χ0n) is 15.0. The van der Waals surface area contributed by atoms with Crippen molar-refractivity contribution in [2.45, 2.75) is 26.0 Å². The summed E-state index contributed by atoms with van der Waals surface area (Å²) >= 11 is 0. The Morgan fingerprint density at radius 2 is 1.88 bits per heavy atom. The van der Waals surface area contributed by atoms with Crippen LogP contribution in [0.2, 0.25) is 0 Å². The Bertz CT molecular complexity index is 734. The summed E-state index contributed by atoms with van der Waals surface area (Å²) < 4.78 is 5.81. The number of carboxylic acids is 1. The van der Waals surface area contributed by atoms with Gasteiger partial charge in [0.2, 0.25) is 0 Å². The van der Waals surface area contributed by atoms with Gasteiger partial charge >= 0.3 is 12.0 Å². The first-order chi connectivity index (χ1) is 12.5. The molecule has 2 rings (SSSR count). The summed E-state index contributed by atoms with van der Waals surface area (Å²) in [5.74, 6) is -0.201. The van der Waals surface area contributed by atoms with Gasteiger partial charge < -0.3 is 20.1 Å². The molecule has 0 saturated carbocycles. The van der Waals surface area contributed by atoms with Crippen molar-refractivity contribution in [3.05, 3.63) is 65.7 Å². The van der Waals surface area contributed by atoms with Crippen LogP contribution in [-0.2, 0) is 11.4 Å². The number of urea groups is 1. The fraction of sp³-hybridized carbons (Fsp3) is 0.300. The number of carbonyl (C=O) groups excluding carboxylic acids is 1. The van der Waals surface area contributed by atoms with Gasteiger partial charge in [-0.2, -0.15) is 0 Å². The highest BCUT2D eigenvalue weighted by molar-refractivity contribution is 5.75. The molecular weight excluding hydrogens is 332 g/mol. The molecule has 0 saturated heterocycles. The molecule has 138 valence electrons. The smallest absolute Gasteiger partial charge is 0.317 e. The minimum atomic E-state index is -0.930. The molecule has 6 heteroatoms. The molecule has 2 N–H and O–H groups in total. The lowest BCUT2D eigenvalue weighted by molar-refractivity contribution is -0.137. The highest BCUT2D eigenvalue weighted by Crippen LogP contribution is 2.20. The van der Waals surface area contributed by atoms with Crippen molar-refractivity contribution in [2.75, 3.05) is 13.6 Å². The van der Waals surface area contributed by atoms with Gasteiger partial charge in [-0.15, -0.1) is 0 Å². The van der Waals surface area contributed by atoms with Gasteiger partial charge in [-0.3, -0.25) is 4.79 Å². The zero-order valence-corrected chi connectivity index (χ0v) is 15.0. The molecule has 0 radical (unpaired) electrons. The number of carbonyl (C=O) groups is 2. The van der Waals surface area contributed by atoms with Crippen LogP contribution in [-0.4, -0.2) is 35.6 Å². The summed E-state index contributed by atoms with van der Waals surface area (Å²) in [6.07, 6.45) is -0.0822. The van der Waals surface area contributed by atoms with Crippen molar-refractivity contribution in [3.8, 4) is 5.75 Å². The number of benzene rings is 2. The van der Waals surface area contributed by atoms with Crippen LogP contribution in [0.3, 0.4) is 0 Å². The third-order valence-corrected chi connectivity index (χ3v) is 3.95. The van der Waals surface area contributed by atoms with E-state index in [0.717, 1.165) is 16.9 Å². The summed E-state index contributed by atoms with van der Waals surface area (Å²) in [5, 5.41) is 11.6. The molecule has 1 atom stereocenters. The molecule has 2 aromatic carbocycles. The normalized spacial score (nSPS) is 11.5. The van der Waals surface area contributed by atoms with Crippen LogP contribution in [0.4, 0.5) is 4.79 Å². The molecule has 0 unspecified atom stereocenters. The Hall–Kier alpha value is -3.02. The van der Waals surface area contributed by atoms with Gasteiger partial charge in [-0.1, -0.05) is 42.5 Å². The second kappa shape index (κ2) is 9.46. The van der Waals surface area contributed by atoms with Gasteiger partial charge in [0.15, 0.2) is 0 Å². The maximum Gasteiger partial charge on any atom is 0.317 e. The van der Waals surface area contributed by atoms with E-state index in [0.29, 0.717) is 6.61 Å². The minimum absolute atomic E-state index is 0.0822. The van der Waals surface area contributed by atoms with E-state index in [2.05, 4.69) is 5.32 Å². The van der Waals surface area contributed by atoms with Gasteiger partial charge in [-0.05, 0) is 30.2 Å². The van der Waals surface area contributed by atoms with Gasteiger partial charge in [0.1, 0.15) is 12.4 Å². The molecule has 2 aromatic rings. The third-order valence-electron chi connectivity index (χ3n) is 3.95. The van der Waals surface area contributed by atoms with Crippen molar-refractivity contribution in [2.24, 2.45) is 0 Å². The maximum absolute atomic E-state index is 12.1. The van der Waals surface area contributed by atoms with Gasteiger partial charge in [-0.25, -0.2) is 4.79 Å². The van der Waals surface area contributed by atoms with E-state index in [9.17, 15) is 9.59 Å². The maximum atomic E-state index is 12.1. The van der Waals surface area contributed by atoms with Crippen LogP contribution in [0.15, 0.2) is 54.6 Å². The average molecular weight is 356 g/mol. The topological polar surface area (TPSA) is 78.9 Å². The highest BCUT2D eigenvalue weighted by Gasteiger charge is 2.14. The molecule has 0 heterocycles.